The molecule has 0 spiro atoms. The van der Waals surface area contributed by atoms with E-state index in [1.807, 2.05) is 0 Å². The fraction of sp³-hybridized carbons (Fsp3) is 0.947. The number of methoxy groups -OCH3 is 1. The first-order chi connectivity index (χ1) is 10.7. The molecule has 0 radical (unpaired) electrons. The Labute approximate surface area is 138 Å². The highest BCUT2D eigenvalue weighted by Gasteiger charge is 2.14. The van der Waals surface area contributed by atoms with E-state index >= 15 is 0 Å². The zero-order valence-electron chi connectivity index (χ0n) is 15.2. The lowest BCUT2D eigenvalue weighted by Gasteiger charge is -2.16. The van der Waals surface area contributed by atoms with Crippen LogP contribution in [0.1, 0.15) is 97.3 Å². The molecule has 0 bridgehead atoms. The van der Waals surface area contributed by atoms with Crippen molar-refractivity contribution >= 4 is 5.97 Å². The van der Waals surface area contributed by atoms with Gasteiger partial charge in [-0.3, -0.25) is 4.79 Å². The molecule has 0 rings (SSSR count). The summed E-state index contributed by atoms with van der Waals surface area (Å²) in [5.74, 6) is -0.155. The zero-order chi connectivity index (χ0) is 16.5. The van der Waals surface area contributed by atoms with E-state index in [0.29, 0.717) is 6.42 Å². The van der Waals surface area contributed by atoms with Crippen molar-refractivity contribution in [3.63, 3.8) is 0 Å². The van der Waals surface area contributed by atoms with Gasteiger partial charge in [0.25, 0.3) is 0 Å². The molecule has 3 heteroatoms. The highest BCUT2D eigenvalue weighted by Crippen LogP contribution is 2.14. The van der Waals surface area contributed by atoms with Crippen LogP contribution in [0.25, 0.3) is 0 Å². The lowest BCUT2D eigenvalue weighted by Crippen LogP contribution is -2.19. The van der Waals surface area contributed by atoms with Crippen LogP contribution < -0.4 is 0 Å². The van der Waals surface area contributed by atoms with Gasteiger partial charge in [-0.1, -0.05) is 78.1 Å². The number of unbranched alkanes of at least 4 members (excludes halogenated alkanes) is 9. The zero-order valence-corrected chi connectivity index (χ0v) is 15.2. The standard InChI is InChI=1S/C19H38O3/c1-4-6-8-9-10-11-12-13-14-15-18(17-19(20)21-3)22-16-7-5-2/h18H,4-17H2,1-3H3/t18-/m1/s1. The molecule has 0 aliphatic carbocycles. The molecule has 0 aromatic heterocycles. The quantitative estimate of drug-likeness (QED) is 0.272. The van der Waals surface area contributed by atoms with Crippen LogP contribution in [0, 0.1) is 0 Å². The van der Waals surface area contributed by atoms with Gasteiger partial charge in [0.1, 0.15) is 0 Å². The third kappa shape index (κ3) is 14.4. The van der Waals surface area contributed by atoms with Crippen molar-refractivity contribution in [3.05, 3.63) is 0 Å². The van der Waals surface area contributed by atoms with Crippen molar-refractivity contribution in [1.82, 2.24) is 0 Å². The van der Waals surface area contributed by atoms with Crippen LogP contribution in [0.15, 0.2) is 0 Å². The minimum Gasteiger partial charge on any atom is -0.469 e. The number of esters is 1. The molecule has 0 aromatic carbocycles. The Balaban J connectivity index is 3.62. The maximum Gasteiger partial charge on any atom is 0.308 e. The second kappa shape index (κ2) is 16.8. The van der Waals surface area contributed by atoms with Crippen LogP contribution >= 0.6 is 0 Å². The molecular weight excluding hydrogens is 276 g/mol. The first-order valence-electron chi connectivity index (χ1n) is 9.43. The van der Waals surface area contributed by atoms with Crippen molar-refractivity contribution < 1.29 is 14.3 Å². The first-order valence-corrected chi connectivity index (χ1v) is 9.43. The lowest BCUT2D eigenvalue weighted by atomic mass is 10.0. The predicted molar refractivity (Wildman–Crippen MR) is 93.1 cm³/mol. The number of rotatable bonds is 16. The summed E-state index contributed by atoms with van der Waals surface area (Å²) in [4.78, 5) is 11.4. The number of carbonyl (C=O) groups is 1. The summed E-state index contributed by atoms with van der Waals surface area (Å²) in [5.41, 5.74) is 0. The SMILES string of the molecule is CCCCCCCCCCC[C@H](CC(=O)OC)OCCCC. The molecule has 0 heterocycles. The Bertz CT molecular complexity index is 241. The van der Waals surface area contributed by atoms with E-state index in [1.165, 1.54) is 58.5 Å². The van der Waals surface area contributed by atoms with Gasteiger partial charge in [0.2, 0.25) is 0 Å². The topological polar surface area (TPSA) is 35.5 Å². The van der Waals surface area contributed by atoms with Crippen molar-refractivity contribution in [2.75, 3.05) is 13.7 Å². The molecule has 0 amide bonds. The number of hydrogen-bond donors (Lipinski definition) is 0. The van der Waals surface area contributed by atoms with Gasteiger partial charge in [0.15, 0.2) is 0 Å². The van der Waals surface area contributed by atoms with E-state index in [-0.39, 0.29) is 12.1 Å². The van der Waals surface area contributed by atoms with E-state index in [2.05, 4.69) is 13.8 Å². The second-order valence-corrected chi connectivity index (χ2v) is 6.24. The summed E-state index contributed by atoms with van der Waals surface area (Å²) in [6.07, 6.45) is 15.5. The molecular formula is C19H38O3. The van der Waals surface area contributed by atoms with Crippen LogP contribution in [0.5, 0.6) is 0 Å². The van der Waals surface area contributed by atoms with Crippen LogP contribution in [-0.4, -0.2) is 25.8 Å². The number of hydrogen-bond acceptors (Lipinski definition) is 3. The summed E-state index contributed by atoms with van der Waals surface area (Å²) in [6.45, 7) is 5.17. The Hall–Kier alpha value is -0.570. The van der Waals surface area contributed by atoms with Gasteiger partial charge >= 0.3 is 5.97 Å². The molecule has 0 aliphatic heterocycles. The minimum atomic E-state index is -0.155. The average Bonchev–Trinajstić information content (AvgIpc) is 2.53. The van der Waals surface area contributed by atoms with E-state index in [0.717, 1.165) is 32.3 Å². The molecule has 0 saturated heterocycles. The van der Waals surface area contributed by atoms with Crippen molar-refractivity contribution in [1.29, 1.82) is 0 Å². The third-order valence-electron chi connectivity index (χ3n) is 4.10. The molecule has 0 unspecified atom stereocenters. The van der Waals surface area contributed by atoms with Crippen molar-refractivity contribution in [2.24, 2.45) is 0 Å². The van der Waals surface area contributed by atoms with Crippen LogP contribution in [-0.2, 0) is 14.3 Å². The van der Waals surface area contributed by atoms with Crippen molar-refractivity contribution in [2.45, 2.75) is 103 Å². The molecule has 1 atom stereocenters. The van der Waals surface area contributed by atoms with Crippen LogP contribution in [0.4, 0.5) is 0 Å². The molecule has 0 aromatic rings. The summed E-state index contributed by atoms with van der Waals surface area (Å²) >= 11 is 0. The van der Waals surface area contributed by atoms with E-state index in [4.69, 9.17) is 9.47 Å². The van der Waals surface area contributed by atoms with E-state index < -0.39 is 0 Å². The highest BCUT2D eigenvalue weighted by molar-refractivity contribution is 5.69. The van der Waals surface area contributed by atoms with Gasteiger partial charge in [-0.15, -0.1) is 0 Å². The predicted octanol–water partition coefficient (Wildman–Crippen LogP) is 5.66. The Morgan fingerprint density at radius 3 is 1.91 bits per heavy atom. The van der Waals surface area contributed by atoms with Crippen LogP contribution in [0.3, 0.4) is 0 Å². The van der Waals surface area contributed by atoms with Gasteiger partial charge in [-0.2, -0.15) is 0 Å². The molecule has 3 nitrogen and oxygen atoms in total. The summed E-state index contributed by atoms with van der Waals surface area (Å²) in [7, 11) is 1.45. The summed E-state index contributed by atoms with van der Waals surface area (Å²) in [5, 5.41) is 0. The van der Waals surface area contributed by atoms with E-state index in [1.54, 1.807) is 0 Å². The third-order valence-corrected chi connectivity index (χ3v) is 4.10. The molecule has 0 aliphatic rings. The highest BCUT2D eigenvalue weighted by atomic mass is 16.5. The Morgan fingerprint density at radius 2 is 1.36 bits per heavy atom. The van der Waals surface area contributed by atoms with E-state index in [9.17, 15) is 4.79 Å². The normalized spacial score (nSPS) is 12.3. The van der Waals surface area contributed by atoms with Gasteiger partial charge < -0.3 is 9.47 Å². The first kappa shape index (κ1) is 21.4. The van der Waals surface area contributed by atoms with Crippen molar-refractivity contribution in [3.8, 4) is 0 Å². The lowest BCUT2D eigenvalue weighted by molar-refractivity contribution is -0.144. The minimum absolute atomic E-state index is 0.0450. The Morgan fingerprint density at radius 1 is 0.818 bits per heavy atom. The second-order valence-electron chi connectivity index (χ2n) is 6.24. The monoisotopic (exact) mass is 314 g/mol. The molecule has 132 valence electrons. The summed E-state index contributed by atoms with van der Waals surface area (Å²) < 4.78 is 10.6. The largest absolute Gasteiger partial charge is 0.469 e. The average molecular weight is 315 g/mol. The number of ether oxygens (including phenoxy) is 2. The number of carbonyl (C=O) groups excluding carboxylic acids is 1. The molecule has 22 heavy (non-hydrogen) atoms. The maximum absolute atomic E-state index is 11.4. The fourth-order valence-corrected chi connectivity index (χ4v) is 2.59. The van der Waals surface area contributed by atoms with Crippen LogP contribution in [0.2, 0.25) is 0 Å². The maximum atomic E-state index is 11.4. The Kier molecular flexibility index (Phi) is 16.4. The summed E-state index contributed by atoms with van der Waals surface area (Å²) in [6, 6.07) is 0. The fourth-order valence-electron chi connectivity index (χ4n) is 2.59. The molecule has 0 N–H and O–H groups in total. The molecule has 0 fully saturated rings. The van der Waals surface area contributed by atoms with Gasteiger partial charge in [0.05, 0.1) is 19.6 Å². The smallest absolute Gasteiger partial charge is 0.308 e. The molecule has 0 saturated carbocycles. The van der Waals surface area contributed by atoms with Gasteiger partial charge in [-0.05, 0) is 12.8 Å². The van der Waals surface area contributed by atoms with Gasteiger partial charge in [-0.25, -0.2) is 0 Å². The van der Waals surface area contributed by atoms with Gasteiger partial charge in [0, 0.05) is 6.61 Å².